The first kappa shape index (κ1) is 12.9. The van der Waals surface area contributed by atoms with E-state index in [9.17, 15) is 9.59 Å². The Kier molecular flexibility index (Phi) is 5.11. The van der Waals surface area contributed by atoms with Crippen LogP contribution >= 0.6 is 0 Å². The number of nitrogens with two attached hydrogens (primary N) is 1. The second kappa shape index (κ2) is 5.56. The van der Waals surface area contributed by atoms with E-state index in [-0.39, 0.29) is 24.6 Å². The maximum absolute atomic E-state index is 11.1. The van der Waals surface area contributed by atoms with E-state index in [0.717, 1.165) is 0 Å². The Labute approximate surface area is 83.1 Å². The topological polar surface area (TPSA) is 93.4 Å². The molecule has 0 aliphatic carbocycles. The quantitative estimate of drug-likeness (QED) is 0.391. The largest absolute Gasteiger partial charge is 0.368 e. The number of primary amides is 1. The number of hydrogen-bond acceptors (Lipinski definition) is 4. The zero-order chi connectivity index (χ0) is 11.2. The minimum absolute atomic E-state index is 0.00937. The van der Waals surface area contributed by atoms with Crippen LogP contribution in [-0.2, 0) is 14.4 Å². The molecular weight excluding hydrogens is 186 g/mol. The van der Waals surface area contributed by atoms with Gasteiger partial charge in [0.1, 0.15) is 6.61 Å². The summed E-state index contributed by atoms with van der Waals surface area (Å²) < 4.78 is 0. The number of hydroxylamine groups is 1. The van der Waals surface area contributed by atoms with Crippen LogP contribution in [-0.4, -0.2) is 30.5 Å². The zero-order valence-corrected chi connectivity index (χ0v) is 8.72. The first-order chi connectivity index (χ1) is 6.31. The lowest BCUT2D eigenvalue weighted by Crippen LogP contribution is -2.45. The van der Waals surface area contributed by atoms with Crippen molar-refractivity contribution in [2.24, 2.45) is 5.73 Å². The third kappa shape index (κ3) is 8.95. The van der Waals surface area contributed by atoms with Gasteiger partial charge in [0.25, 0.3) is 0 Å². The van der Waals surface area contributed by atoms with Crippen molar-refractivity contribution in [3.63, 3.8) is 0 Å². The summed E-state index contributed by atoms with van der Waals surface area (Å²) in [7, 11) is 0. The summed E-state index contributed by atoms with van der Waals surface area (Å²) in [5.41, 5.74) is 6.86. The molecule has 0 rings (SSSR count). The molecule has 0 aromatic carbocycles. The highest BCUT2D eigenvalue weighted by molar-refractivity contribution is 5.78. The molecule has 2 amide bonds. The van der Waals surface area contributed by atoms with E-state index in [0.29, 0.717) is 0 Å². The van der Waals surface area contributed by atoms with E-state index < -0.39 is 5.91 Å². The SMILES string of the molecule is CC(C)(C)NC(=O)CNOCC(N)=O. The van der Waals surface area contributed by atoms with Crippen molar-refractivity contribution in [2.45, 2.75) is 26.3 Å². The summed E-state index contributed by atoms with van der Waals surface area (Å²) in [4.78, 5) is 26.0. The van der Waals surface area contributed by atoms with E-state index in [4.69, 9.17) is 5.73 Å². The fourth-order valence-electron chi connectivity index (χ4n) is 0.701. The fraction of sp³-hybridized carbons (Fsp3) is 0.750. The molecule has 0 saturated carbocycles. The summed E-state index contributed by atoms with van der Waals surface area (Å²) in [5, 5.41) is 2.71. The van der Waals surface area contributed by atoms with Gasteiger partial charge in [0.15, 0.2) is 0 Å². The summed E-state index contributed by atoms with van der Waals surface area (Å²) in [5.74, 6) is -0.796. The predicted molar refractivity (Wildman–Crippen MR) is 51.0 cm³/mol. The number of carbonyl (C=O) groups is 2. The maximum Gasteiger partial charge on any atom is 0.245 e. The minimum Gasteiger partial charge on any atom is -0.368 e. The maximum atomic E-state index is 11.1. The monoisotopic (exact) mass is 203 g/mol. The molecule has 82 valence electrons. The molecule has 0 aliphatic heterocycles. The van der Waals surface area contributed by atoms with Gasteiger partial charge >= 0.3 is 0 Å². The van der Waals surface area contributed by atoms with Crippen LogP contribution in [0.1, 0.15) is 20.8 Å². The normalized spacial score (nSPS) is 11.1. The Hall–Kier alpha value is -1.14. The fourth-order valence-corrected chi connectivity index (χ4v) is 0.701. The molecule has 0 aromatic rings. The molecule has 4 N–H and O–H groups in total. The molecule has 0 saturated heterocycles. The summed E-state index contributed by atoms with van der Waals surface area (Å²) in [6, 6.07) is 0. The van der Waals surface area contributed by atoms with E-state index in [1.54, 1.807) is 0 Å². The lowest BCUT2D eigenvalue weighted by atomic mass is 10.1. The van der Waals surface area contributed by atoms with Crippen LogP contribution in [0.2, 0.25) is 0 Å². The van der Waals surface area contributed by atoms with Crippen molar-refractivity contribution in [1.82, 2.24) is 10.8 Å². The Morgan fingerprint density at radius 2 is 1.93 bits per heavy atom. The first-order valence-corrected chi connectivity index (χ1v) is 4.25. The molecular formula is C8H17N3O3. The van der Waals surface area contributed by atoms with E-state index in [2.05, 4.69) is 15.6 Å². The summed E-state index contributed by atoms with van der Waals surface area (Å²) in [6.45, 7) is 5.35. The van der Waals surface area contributed by atoms with Crippen LogP contribution in [0.15, 0.2) is 0 Å². The van der Waals surface area contributed by atoms with Gasteiger partial charge in [-0.1, -0.05) is 0 Å². The van der Waals surface area contributed by atoms with Gasteiger partial charge in [-0.15, -0.1) is 0 Å². The zero-order valence-electron chi connectivity index (χ0n) is 8.72. The lowest BCUT2D eigenvalue weighted by Gasteiger charge is -2.20. The van der Waals surface area contributed by atoms with Crippen molar-refractivity contribution >= 4 is 11.8 Å². The van der Waals surface area contributed by atoms with E-state index >= 15 is 0 Å². The van der Waals surface area contributed by atoms with Gasteiger partial charge in [0.2, 0.25) is 11.8 Å². The lowest BCUT2D eigenvalue weighted by molar-refractivity contribution is -0.130. The van der Waals surface area contributed by atoms with Gasteiger partial charge in [-0.2, -0.15) is 5.48 Å². The average molecular weight is 203 g/mol. The Morgan fingerprint density at radius 1 is 1.36 bits per heavy atom. The van der Waals surface area contributed by atoms with Gasteiger partial charge in [-0.25, -0.2) is 0 Å². The number of nitrogens with one attached hydrogen (secondary N) is 2. The number of carbonyl (C=O) groups excluding carboxylic acids is 2. The van der Waals surface area contributed by atoms with Gasteiger partial charge < -0.3 is 11.1 Å². The molecule has 0 spiro atoms. The van der Waals surface area contributed by atoms with Crippen molar-refractivity contribution in [3.8, 4) is 0 Å². The average Bonchev–Trinajstić information content (AvgIpc) is 1.94. The van der Waals surface area contributed by atoms with Crippen LogP contribution in [0.4, 0.5) is 0 Å². The van der Waals surface area contributed by atoms with Crippen molar-refractivity contribution in [1.29, 1.82) is 0 Å². The van der Waals surface area contributed by atoms with Crippen molar-refractivity contribution in [2.75, 3.05) is 13.2 Å². The highest BCUT2D eigenvalue weighted by Gasteiger charge is 2.12. The molecule has 0 fully saturated rings. The number of rotatable bonds is 5. The number of amides is 2. The van der Waals surface area contributed by atoms with Gasteiger partial charge in [0.05, 0.1) is 6.54 Å². The minimum atomic E-state index is -0.589. The molecule has 0 bridgehead atoms. The molecule has 6 nitrogen and oxygen atoms in total. The standard InChI is InChI=1S/C8H17N3O3/c1-8(2,3)11-7(13)4-10-14-5-6(9)12/h10H,4-5H2,1-3H3,(H2,9,12)(H,11,13). The molecule has 0 atom stereocenters. The van der Waals surface area contributed by atoms with Crippen LogP contribution < -0.4 is 16.5 Å². The molecule has 0 aromatic heterocycles. The van der Waals surface area contributed by atoms with E-state index in [1.165, 1.54) is 0 Å². The van der Waals surface area contributed by atoms with Crippen LogP contribution in [0.25, 0.3) is 0 Å². The van der Waals surface area contributed by atoms with Crippen LogP contribution in [0, 0.1) is 0 Å². The molecule has 0 unspecified atom stereocenters. The highest BCUT2D eigenvalue weighted by Crippen LogP contribution is 1.96. The first-order valence-electron chi connectivity index (χ1n) is 4.25. The Balaban J connectivity index is 3.50. The van der Waals surface area contributed by atoms with Gasteiger partial charge in [-0.3, -0.25) is 14.4 Å². The second-order valence-corrected chi connectivity index (χ2v) is 3.87. The molecule has 0 heterocycles. The predicted octanol–water partition coefficient (Wildman–Crippen LogP) is -1.09. The Morgan fingerprint density at radius 3 is 2.36 bits per heavy atom. The molecule has 0 aliphatic rings. The molecule has 0 radical (unpaired) electrons. The van der Waals surface area contributed by atoms with Gasteiger partial charge in [0, 0.05) is 5.54 Å². The third-order valence-corrected chi connectivity index (χ3v) is 1.06. The van der Waals surface area contributed by atoms with Crippen LogP contribution in [0.3, 0.4) is 0 Å². The van der Waals surface area contributed by atoms with Crippen LogP contribution in [0.5, 0.6) is 0 Å². The van der Waals surface area contributed by atoms with Crippen molar-refractivity contribution in [3.05, 3.63) is 0 Å². The highest BCUT2D eigenvalue weighted by atomic mass is 16.6. The molecule has 6 heteroatoms. The van der Waals surface area contributed by atoms with Gasteiger partial charge in [-0.05, 0) is 20.8 Å². The third-order valence-electron chi connectivity index (χ3n) is 1.06. The Bertz CT molecular complexity index is 210. The summed E-state index contributed by atoms with van der Waals surface area (Å²) in [6.07, 6.45) is 0. The smallest absolute Gasteiger partial charge is 0.245 e. The number of hydrogen-bond donors (Lipinski definition) is 3. The molecule has 14 heavy (non-hydrogen) atoms. The van der Waals surface area contributed by atoms with Crippen molar-refractivity contribution < 1.29 is 14.4 Å². The van der Waals surface area contributed by atoms with E-state index in [1.807, 2.05) is 20.8 Å². The summed E-state index contributed by atoms with van der Waals surface area (Å²) >= 11 is 0. The second-order valence-electron chi connectivity index (χ2n) is 3.87.